The van der Waals surface area contributed by atoms with E-state index in [0.717, 1.165) is 5.56 Å². The van der Waals surface area contributed by atoms with Gasteiger partial charge in [0.05, 0.1) is 5.02 Å². The molecule has 1 aromatic heterocycles. The average molecular weight is 445 g/mol. The first-order chi connectivity index (χ1) is 14.2. The van der Waals surface area contributed by atoms with Crippen LogP contribution in [-0.2, 0) is 11.1 Å². The molecule has 1 amide bonds. The Labute approximate surface area is 181 Å². The largest absolute Gasteiger partial charge is 0.768 e. The summed E-state index contributed by atoms with van der Waals surface area (Å²) in [5.74, 6) is 0.166. The van der Waals surface area contributed by atoms with Crippen LogP contribution < -0.4 is 15.8 Å². The predicted octanol–water partition coefficient (Wildman–Crippen LogP) is 4.26. The number of rotatable bonds is 6. The maximum absolute atomic E-state index is 12.6. The number of ether oxygens (including phenoxy) is 1. The topological polar surface area (TPSA) is 117 Å². The average Bonchev–Trinajstić information content (AvgIpc) is 2.71. The van der Waals surface area contributed by atoms with Crippen molar-refractivity contribution < 1.29 is 18.3 Å². The molecule has 0 saturated carbocycles. The van der Waals surface area contributed by atoms with Gasteiger partial charge in [0, 0.05) is 28.4 Å². The minimum Gasteiger partial charge on any atom is -0.768 e. The van der Waals surface area contributed by atoms with Crippen LogP contribution in [-0.4, -0.2) is 19.7 Å². The molecule has 2 atom stereocenters. The first-order valence-corrected chi connectivity index (χ1v) is 10.4. The highest BCUT2D eigenvalue weighted by molar-refractivity contribution is 7.79. The molecule has 3 aromatic rings. The number of halogens is 1. The van der Waals surface area contributed by atoms with Crippen LogP contribution in [0.15, 0.2) is 59.6 Å². The molecule has 2 aromatic carbocycles. The molecule has 0 aliphatic rings. The van der Waals surface area contributed by atoms with Gasteiger partial charge in [-0.1, -0.05) is 29.8 Å². The van der Waals surface area contributed by atoms with Crippen molar-refractivity contribution >= 4 is 40.1 Å². The van der Waals surface area contributed by atoms with Crippen LogP contribution in [0, 0.1) is 6.92 Å². The van der Waals surface area contributed by atoms with E-state index in [-0.39, 0.29) is 16.3 Å². The second-order valence-electron chi connectivity index (χ2n) is 6.59. The van der Waals surface area contributed by atoms with Crippen molar-refractivity contribution in [2.45, 2.75) is 24.8 Å². The summed E-state index contributed by atoms with van der Waals surface area (Å²) in [6.07, 6.45) is 1.04. The molecule has 30 heavy (non-hydrogen) atoms. The Hall–Kier alpha value is -2.94. The summed E-state index contributed by atoms with van der Waals surface area (Å²) in [6, 6.07) is 13.2. The molecule has 1 unspecified atom stereocenters. The molecule has 0 aliphatic heterocycles. The Balaban J connectivity index is 1.77. The number of hydrogen-bond donors (Lipinski definition) is 2. The van der Waals surface area contributed by atoms with Crippen molar-refractivity contribution in [3.8, 4) is 5.75 Å². The molecule has 0 saturated heterocycles. The van der Waals surface area contributed by atoms with E-state index in [2.05, 4.69) is 10.3 Å². The molecule has 0 radical (unpaired) electrons. The number of carbonyl (C=O) groups excluding carboxylic acids is 1. The molecule has 156 valence electrons. The summed E-state index contributed by atoms with van der Waals surface area (Å²) >= 11 is 3.52. The third kappa shape index (κ3) is 5.15. The van der Waals surface area contributed by atoms with E-state index in [0.29, 0.717) is 22.0 Å². The summed E-state index contributed by atoms with van der Waals surface area (Å²) < 4.78 is 28.5. The second-order valence-corrected chi connectivity index (χ2v) is 7.94. The second kappa shape index (κ2) is 9.25. The lowest BCUT2D eigenvalue weighted by molar-refractivity contribution is 0.102. The van der Waals surface area contributed by atoms with Gasteiger partial charge < -0.3 is 20.3 Å². The van der Waals surface area contributed by atoms with Crippen LogP contribution >= 0.6 is 11.6 Å². The number of anilines is 2. The number of hydrogen-bond acceptors (Lipinski definition) is 6. The number of nitrogens with one attached hydrogen (secondary N) is 1. The standard InChI is InChI=1S/C21H20ClN3O4S/c1-12-6-7-15(9-19(12)30(27)28)21(26)25-17-5-3-4-14(8-17)13(2)29-18-10-16(22)11-24-20(18)23/h3-11,13H,1-2H3,(H2,23,24)(H,25,26)(H,27,28)/p-1/t13-/m1/s1. The Bertz CT molecular complexity index is 1120. The van der Waals surface area contributed by atoms with Crippen molar-refractivity contribution in [3.05, 3.63) is 76.4 Å². The Morgan fingerprint density at radius 3 is 2.77 bits per heavy atom. The first kappa shape index (κ1) is 21.8. The normalized spacial score (nSPS) is 12.8. The number of nitrogen functional groups attached to an aromatic ring is 1. The molecule has 0 bridgehead atoms. The van der Waals surface area contributed by atoms with Crippen LogP contribution in [0.3, 0.4) is 0 Å². The Kier molecular flexibility index (Phi) is 6.71. The zero-order chi connectivity index (χ0) is 21.8. The SMILES string of the molecule is Cc1ccc(C(=O)Nc2cccc([C@@H](C)Oc3cc(Cl)cnc3N)c2)cc1S(=O)[O-]. The van der Waals surface area contributed by atoms with Gasteiger partial charge in [-0.05, 0) is 60.3 Å². The van der Waals surface area contributed by atoms with E-state index in [4.69, 9.17) is 22.1 Å². The highest BCUT2D eigenvalue weighted by Gasteiger charge is 2.13. The van der Waals surface area contributed by atoms with Crippen LogP contribution in [0.1, 0.15) is 34.5 Å². The fraction of sp³-hybridized carbons (Fsp3) is 0.143. The van der Waals surface area contributed by atoms with Crippen LogP contribution in [0.2, 0.25) is 5.02 Å². The number of amides is 1. The van der Waals surface area contributed by atoms with Gasteiger partial charge >= 0.3 is 0 Å². The van der Waals surface area contributed by atoms with Crippen molar-refractivity contribution in [1.29, 1.82) is 0 Å². The van der Waals surface area contributed by atoms with Gasteiger partial charge in [-0.2, -0.15) is 0 Å². The minimum atomic E-state index is -2.42. The van der Waals surface area contributed by atoms with Gasteiger partial charge in [-0.15, -0.1) is 0 Å². The van der Waals surface area contributed by atoms with E-state index >= 15 is 0 Å². The van der Waals surface area contributed by atoms with E-state index in [1.165, 1.54) is 12.3 Å². The van der Waals surface area contributed by atoms with Crippen LogP contribution in [0.25, 0.3) is 0 Å². The zero-order valence-corrected chi connectivity index (χ0v) is 17.8. The smallest absolute Gasteiger partial charge is 0.255 e. The van der Waals surface area contributed by atoms with Crippen molar-refractivity contribution in [3.63, 3.8) is 0 Å². The number of carbonyl (C=O) groups is 1. The molecule has 9 heteroatoms. The molecule has 7 nitrogen and oxygen atoms in total. The lowest BCUT2D eigenvalue weighted by Crippen LogP contribution is -2.13. The third-order valence-electron chi connectivity index (χ3n) is 4.40. The van der Waals surface area contributed by atoms with Crippen molar-refractivity contribution in [2.75, 3.05) is 11.1 Å². The number of benzene rings is 2. The summed E-state index contributed by atoms with van der Waals surface area (Å²) in [4.78, 5) is 16.6. The number of nitrogens with zero attached hydrogens (tertiary/aromatic N) is 1. The zero-order valence-electron chi connectivity index (χ0n) is 16.2. The van der Waals surface area contributed by atoms with Crippen LogP contribution in [0.5, 0.6) is 5.75 Å². The monoisotopic (exact) mass is 444 g/mol. The number of nitrogens with two attached hydrogens (primary N) is 1. The molecule has 3 N–H and O–H groups in total. The summed E-state index contributed by atoms with van der Waals surface area (Å²) in [5.41, 5.74) is 7.97. The lowest BCUT2D eigenvalue weighted by atomic mass is 10.1. The van der Waals surface area contributed by atoms with Gasteiger partial charge in [0.15, 0.2) is 11.6 Å². The molecule has 0 spiro atoms. The van der Waals surface area contributed by atoms with E-state index < -0.39 is 23.1 Å². The molecule has 0 fully saturated rings. The van der Waals surface area contributed by atoms with Gasteiger partial charge in [-0.3, -0.25) is 9.00 Å². The highest BCUT2D eigenvalue weighted by Crippen LogP contribution is 2.29. The molecular weight excluding hydrogens is 426 g/mol. The lowest BCUT2D eigenvalue weighted by Gasteiger charge is -2.17. The fourth-order valence-electron chi connectivity index (χ4n) is 2.78. The Morgan fingerprint density at radius 2 is 2.03 bits per heavy atom. The number of aryl methyl sites for hydroxylation is 1. The van der Waals surface area contributed by atoms with Gasteiger partial charge in [-0.25, -0.2) is 4.98 Å². The molecular formula is C21H19ClN3O4S-. The van der Waals surface area contributed by atoms with Crippen molar-refractivity contribution in [2.24, 2.45) is 0 Å². The quantitative estimate of drug-likeness (QED) is 0.548. The third-order valence-corrected chi connectivity index (χ3v) is 5.40. The summed E-state index contributed by atoms with van der Waals surface area (Å²) in [6.45, 7) is 3.50. The summed E-state index contributed by atoms with van der Waals surface area (Å²) in [5, 5.41) is 3.18. The number of aromatic nitrogens is 1. The maximum atomic E-state index is 12.6. The van der Waals surface area contributed by atoms with E-state index in [1.807, 2.05) is 13.0 Å². The molecule has 0 aliphatic carbocycles. The molecule has 1 heterocycles. The first-order valence-electron chi connectivity index (χ1n) is 8.93. The van der Waals surface area contributed by atoms with Crippen LogP contribution in [0.4, 0.5) is 11.5 Å². The van der Waals surface area contributed by atoms with E-state index in [9.17, 15) is 13.6 Å². The molecule has 3 rings (SSSR count). The van der Waals surface area contributed by atoms with Gasteiger partial charge in [0.25, 0.3) is 5.91 Å². The highest BCUT2D eigenvalue weighted by atomic mass is 35.5. The number of pyridine rings is 1. The maximum Gasteiger partial charge on any atom is 0.255 e. The summed E-state index contributed by atoms with van der Waals surface area (Å²) in [7, 11) is 0. The fourth-order valence-corrected chi connectivity index (χ4v) is 3.48. The minimum absolute atomic E-state index is 0.0890. The predicted molar refractivity (Wildman–Crippen MR) is 115 cm³/mol. The van der Waals surface area contributed by atoms with E-state index in [1.54, 1.807) is 43.3 Å². The Morgan fingerprint density at radius 1 is 1.27 bits per heavy atom. The van der Waals surface area contributed by atoms with Crippen molar-refractivity contribution in [1.82, 2.24) is 4.98 Å². The van der Waals surface area contributed by atoms with Gasteiger partial charge in [0.1, 0.15) is 6.10 Å². The van der Waals surface area contributed by atoms with Gasteiger partial charge in [0.2, 0.25) is 0 Å².